The van der Waals surface area contributed by atoms with Gasteiger partial charge in [-0.15, -0.1) is 0 Å². The van der Waals surface area contributed by atoms with Crippen molar-refractivity contribution in [1.29, 1.82) is 0 Å². The molecule has 0 bridgehead atoms. The summed E-state index contributed by atoms with van der Waals surface area (Å²) in [6.45, 7) is 5.66. The first-order valence-electron chi connectivity index (χ1n) is 4.50. The highest BCUT2D eigenvalue weighted by molar-refractivity contribution is 5.88. The van der Waals surface area contributed by atoms with Crippen molar-refractivity contribution in [3.63, 3.8) is 0 Å². The van der Waals surface area contributed by atoms with Crippen molar-refractivity contribution in [3.05, 3.63) is 29.3 Å². The van der Waals surface area contributed by atoms with Gasteiger partial charge in [0.2, 0.25) is 5.91 Å². The molecule has 0 saturated heterocycles. The SMILES string of the molecule is CCc1cc(C)cc(NC(C)=O)c1. The third kappa shape index (κ3) is 2.90. The highest BCUT2D eigenvalue weighted by Crippen LogP contribution is 2.14. The van der Waals surface area contributed by atoms with Crippen molar-refractivity contribution in [1.82, 2.24) is 0 Å². The molecule has 1 amide bonds. The molecule has 1 aromatic rings. The zero-order chi connectivity index (χ0) is 9.84. The maximum Gasteiger partial charge on any atom is 0.221 e. The maximum absolute atomic E-state index is 10.8. The van der Waals surface area contributed by atoms with Gasteiger partial charge >= 0.3 is 0 Å². The van der Waals surface area contributed by atoms with Gasteiger partial charge in [0.05, 0.1) is 0 Å². The van der Waals surface area contributed by atoms with Gasteiger partial charge in [-0.1, -0.05) is 13.0 Å². The van der Waals surface area contributed by atoms with Gasteiger partial charge in [0.15, 0.2) is 0 Å². The largest absolute Gasteiger partial charge is 0.326 e. The zero-order valence-electron chi connectivity index (χ0n) is 8.35. The molecular weight excluding hydrogens is 162 g/mol. The second-order valence-corrected chi connectivity index (χ2v) is 3.24. The van der Waals surface area contributed by atoms with E-state index in [1.54, 1.807) is 0 Å². The highest BCUT2D eigenvalue weighted by Gasteiger charge is 1.98. The minimum absolute atomic E-state index is 0.0207. The maximum atomic E-state index is 10.8. The third-order valence-corrected chi connectivity index (χ3v) is 1.87. The van der Waals surface area contributed by atoms with E-state index in [2.05, 4.69) is 18.3 Å². The number of nitrogens with one attached hydrogen (secondary N) is 1. The van der Waals surface area contributed by atoms with Gasteiger partial charge in [-0.05, 0) is 36.6 Å². The fraction of sp³-hybridized carbons (Fsp3) is 0.364. The summed E-state index contributed by atoms with van der Waals surface area (Å²) in [5.41, 5.74) is 3.33. The molecule has 1 N–H and O–H groups in total. The van der Waals surface area contributed by atoms with Crippen LogP contribution in [0.4, 0.5) is 5.69 Å². The lowest BCUT2D eigenvalue weighted by Crippen LogP contribution is -2.06. The van der Waals surface area contributed by atoms with Crippen LogP contribution in [0.2, 0.25) is 0 Å². The lowest BCUT2D eigenvalue weighted by atomic mass is 10.1. The summed E-state index contributed by atoms with van der Waals surface area (Å²) < 4.78 is 0. The van der Waals surface area contributed by atoms with Crippen LogP contribution in [-0.4, -0.2) is 5.91 Å². The molecule has 0 heterocycles. The topological polar surface area (TPSA) is 29.1 Å². The summed E-state index contributed by atoms with van der Waals surface area (Å²) in [7, 11) is 0. The number of rotatable bonds is 2. The Hall–Kier alpha value is -1.31. The lowest BCUT2D eigenvalue weighted by molar-refractivity contribution is -0.114. The van der Waals surface area contributed by atoms with E-state index in [-0.39, 0.29) is 5.91 Å². The molecule has 0 saturated carbocycles. The summed E-state index contributed by atoms with van der Waals surface area (Å²) in [4.78, 5) is 10.8. The standard InChI is InChI=1S/C11H15NO/c1-4-10-5-8(2)6-11(7-10)12-9(3)13/h5-7H,4H2,1-3H3,(H,12,13). The molecule has 13 heavy (non-hydrogen) atoms. The Kier molecular flexibility index (Phi) is 3.07. The van der Waals surface area contributed by atoms with Crippen molar-refractivity contribution in [3.8, 4) is 0 Å². The Bertz CT molecular complexity index is 318. The molecule has 0 atom stereocenters. The van der Waals surface area contributed by atoms with Gasteiger partial charge in [-0.2, -0.15) is 0 Å². The van der Waals surface area contributed by atoms with Gasteiger partial charge < -0.3 is 5.32 Å². The molecule has 70 valence electrons. The third-order valence-electron chi connectivity index (χ3n) is 1.87. The summed E-state index contributed by atoms with van der Waals surface area (Å²) in [6, 6.07) is 6.11. The number of carbonyl (C=O) groups is 1. The molecule has 2 heteroatoms. The van der Waals surface area contributed by atoms with Gasteiger partial charge in [0, 0.05) is 12.6 Å². The molecule has 0 unspecified atom stereocenters. The van der Waals surface area contributed by atoms with Crippen LogP contribution in [0.1, 0.15) is 25.0 Å². The van der Waals surface area contributed by atoms with Crippen LogP contribution >= 0.6 is 0 Å². The summed E-state index contributed by atoms with van der Waals surface area (Å²) in [6.07, 6.45) is 0.994. The average molecular weight is 177 g/mol. The van der Waals surface area contributed by atoms with Crippen LogP contribution in [0.15, 0.2) is 18.2 Å². The Morgan fingerprint density at radius 3 is 2.62 bits per heavy atom. The minimum Gasteiger partial charge on any atom is -0.326 e. The van der Waals surface area contributed by atoms with Crippen LogP contribution < -0.4 is 5.32 Å². The van der Waals surface area contributed by atoms with E-state index >= 15 is 0 Å². The van der Waals surface area contributed by atoms with Crippen molar-refractivity contribution >= 4 is 11.6 Å². The second-order valence-electron chi connectivity index (χ2n) is 3.24. The van der Waals surface area contributed by atoms with E-state index < -0.39 is 0 Å². The van der Waals surface area contributed by atoms with Gasteiger partial charge in [0.25, 0.3) is 0 Å². The first-order valence-corrected chi connectivity index (χ1v) is 4.50. The molecule has 0 aliphatic carbocycles. The molecule has 0 aliphatic heterocycles. The van der Waals surface area contributed by atoms with E-state index in [1.807, 2.05) is 19.1 Å². The molecular formula is C11H15NO. The van der Waals surface area contributed by atoms with E-state index in [0.29, 0.717) is 0 Å². The number of carbonyl (C=O) groups excluding carboxylic acids is 1. The quantitative estimate of drug-likeness (QED) is 0.739. The first kappa shape index (κ1) is 9.78. The predicted octanol–water partition coefficient (Wildman–Crippen LogP) is 2.52. The first-order chi connectivity index (χ1) is 6.11. The van der Waals surface area contributed by atoms with Crippen LogP contribution in [0.3, 0.4) is 0 Å². The van der Waals surface area contributed by atoms with E-state index in [0.717, 1.165) is 12.1 Å². The molecule has 1 rings (SSSR count). The van der Waals surface area contributed by atoms with Crippen LogP contribution in [-0.2, 0) is 11.2 Å². The fourth-order valence-corrected chi connectivity index (χ4v) is 1.34. The van der Waals surface area contributed by atoms with E-state index in [4.69, 9.17) is 0 Å². The van der Waals surface area contributed by atoms with E-state index in [1.165, 1.54) is 18.1 Å². The summed E-state index contributed by atoms with van der Waals surface area (Å²) in [5, 5.41) is 2.78. The Labute approximate surface area is 79.0 Å². The van der Waals surface area contributed by atoms with Crippen molar-refractivity contribution in [2.75, 3.05) is 5.32 Å². The van der Waals surface area contributed by atoms with Crippen LogP contribution in [0, 0.1) is 6.92 Å². The number of hydrogen-bond donors (Lipinski definition) is 1. The Morgan fingerprint density at radius 2 is 2.08 bits per heavy atom. The second kappa shape index (κ2) is 4.08. The highest BCUT2D eigenvalue weighted by atomic mass is 16.1. The summed E-state index contributed by atoms with van der Waals surface area (Å²) in [5.74, 6) is -0.0207. The Morgan fingerprint density at radius 1 is 1.38 bits per heavy atom. The number of hydrogen-bond acceptors (Lipinski definition) is 1. The van der Waals surface area contributed by atoms with Crippen molar-refractivity contribution in [2.24, 2.45) is 0 Å². The lowest BCUT2D eigenvalue weighted by Gasteiger charge is -2.06. The molecule has 0 aliphatic rings. The zero-order valence-corrected chi connectivity index (χ0v) is 8.35. The van der Waals surface area contributed by atoms with Crippen molar-refractivity contribution < 1.29 is 4.79 Å². The van der Waals surface area contributed by atoms with E-state index in [9.17, 15) is 4.79 Å². The number of aryl methyl sites for hydroxylation is 2. The number of benzene rings is 1. The molecule has 0 spiro atoms. The molecule has 0 aromatic heterocycles. The van der Waals surface area contributed by atoms with Crippen LogP contribution in [0.25, 0.3) is 0 Å². The molecule has 0 fully saturated rings. The number of anilines is 1. The monoisotopic (exact) mass is 177 g/mol. The van der Waals surface area contributed by atoms with Gasteiger partial charge in [0.1, 0.15) is 0 Å². The predicted molar refractivity (Wildman–Crippen MR) is 54.9 cm³/mol. The minimum atomic E-state index is -0.0207. The Balaban J connectivity index is 2.94. The van der Waals surface area contributed by atoms with Crippen LogP contribution in [0.5, 0.6) is 0 Å². The van der Waals surface area contributed by atoms with Crippen molar-refractivity contribution in [2.45, 2.75) is 27.2 Å². The van der Waals surface area contributed by atoms with Gasteiger partial charge in [-0.25, -0.2) is 0 Å². The smallest absolute Gasteiger partial charge is 0.221 e. The molecule has 1 aromatic carbocycles. The molecule has 0 radical (unpaired) electrons. The molecule has 2 nitrogen and oxygen atoms in total. The van der Waals surface area contributed by atoms with Gasteiger partial charge in [-0.3, -0.25) is 4.79 Å². The average Bonchev–Trinajstić information content (AvgIpc) is 2.01. The normalized spacial score (nSPS) is 9.77. The fourth-order valence-electron chi connectivity index (χ4n) is 1.34. The number of amides is 1. The summed E-state index contributed by atoms with van der Waals surface area (Å²) >= 11 is 0.